The van der Waals surface area contributed by atoms with Crippen molar-refractivity contribution in [2.75, 3.05) is 6.54 Å². The van der Waals surface area contributed by atoms with Gasteiger partial charge in [0.25, 0.3) is 0 Å². The van der Waals surface area contributed by atoms with Gasteiger partial charge in [0, 0.05) is 12.8 Å². The van der Waals surface area contributed by atoms with Gasteiger partial charge in [0.05, 0.1) is 0 Å². The number of unbranched alkanes of at least 4 members (excludes halogenated alkanes) is 13. The van der Waals surface area contributed by atoms with Crippen LogP contribution in [0.3, 0.4) is 0 Å². The lowest BCUT2D eigenvalue weighted by atomic mass is 10.0. The fourth-order valence-electron chi connectivity index (χ4n) is 5.40. The van der Waals surface area contributed by atoms with E-state index >= 15 is 0 Å². The zero-order chi connectivity index (χ0) is 33.9. The zero-order valence-corrected chi connectivity index (χ0v) is 29.7. The lowest BCUT2D eigenvalue weighted by molar-refractivity contribution is -0.150. The van der Waals surface area contributed by atoms with Crippen molar-refractivity contribution in [2.24, 2.45) is 5.73 Å². The van der Waals surface area contributed by atoms with Gasteiger partial charge in [-0.05, 0) is 90.0 Å². The highest BCUT2D eigenvalue weighted by Crippen LogP contribution is 2.18. The van der Waals surface area contributed by atoms with E-state index in [2.05, 4.69) is 55.6 Å². The van der Waals surface area contributed by atoms with Crippen molar-refractivity contribution in [3.63, 3.8) is 0 Å². The normalized spacial score (nSPS) is 13.1. The number of hydrogen-bond acceptors (Lipinski definition) is 5. The van der Waals surface area contributed by atoms with Gasteiger partial charge >= 0.3 is 11.9 Å². The van der Waals surface area contributed by atoms with Crippen LogP contribution in [0.1, 0.15) is 174 Å². The maximum atomic E-state index is 12.6. The SMILES string of the molecule is CC/C=C\C/C=C\C/C=C\CCCCCCCC(=O)OC(CCCCCCCC)CCCCCCC(=O)NC(CCCN)C(=O)O. The van der Waals surface area contributed by atoms with Crippen molar-refractivity contribution in [3.8, 4) is 0 Å². The molecule has 7 heteroatoms. The van der Waals surface area contributed by atoms with Crippen LogP contribution >= 0.6 is 0 Å². The van der Waals surface area contributed by atoms with Gasteiger partial charge in [-0.1, -0.05) is 115 Å². The number of ether oxygens (including phenoxy) is 1. The van der Waals surface area contributed by atoms with Gasteiger partial charge in [0.1, 0.15) is 12.1 Å². The molecule has 46 heavy (non-hydrogen) atoms. The lowest BCUT2D eigenvalue weighted by Crippen LogP contribution is -2.40. The molecule has 0 saturated heterocycles. The molecule has 0 aliphatic heterocycles. The topological polar surface area (TPSA) is 119 Å². The van der Waals surface area contributed by atoms with E-state index < -0.39 is 12.0 Å². The summed E-state index contributed by atoms with van der Waals surface area (Å²) in [6.07, 6.45) is 37.6. The molecule has 2 atom stereocenters. The average molecular weight is 647 g/mol. The van der Waals surface area contributed by atoms with E-state index in [9.17, 15) is 19.5 Å². The molecule has 0 aliphatic carbocycles. The minimum atomic E-state index is -1.01. The molecule has 0 radical (unpaired) electrons. The van der Waals surface area contributed by atoms with E-state index in [1.807, 2.05) is 0 Å². The number of nitrogens with two attached hydrogens (primary N) is 1. The highest BCUT2D eigenvalue weighted by Gasteiger charge is 2.19. The van der Waals surface area contributed by atoms with Crippen LogP contribution < -0.4 is 11.1 Å². The zero-order valence-electron chi connectivity index (χ0n) is 29.7. The molecule has 0 aromatic carbocycles. The summed E-state index contributed by atoms with van der Waals surface area (Å²) in [5.41, 5.74) is 5.47. The van der Waals surface area contributed by atoms with E-state index in [1.165, 1.54) is 44.9 Å². The number of esters is 1. The highest BCUT2D eigenvalue weighted by molar-refractivity contribution is 5.83. The Morgan fingerprint density at radius 1 is 0.652 bits per heavy atom. The summed E-state index contributed by atoms with van der Waals surface area (Å²) in [4.78, 5) is 36.1. The Hall–Kier alpha value is -2.41. The van der Waals surface area contributed by atoms with Gasteiger partial charge in [0.2, 0.25) is 5.91 Å². The first-order chi connectivity index (χ1) is 22.4. The minimum absolute atomic E-state index is 0.0183. The van der Waals surface area contributed by atoms with Crippen LogP contribution in [0, 0.1) is 0 Å². The summed E-state index contributed by atoms with van der Waals surface area (Å²) in [7, 11) is 0. The lowest BCUT2D eigenvalue weighted by Gasteiger charge is -2.18. The quantitative estimate of drug-likeness (QED) is 0.0371. The number of nitrogens with one attached hydrogen (secondary N) is 1. The van der Waals surface area contributed by atoms with E-state index in [0.29, 0.717) is 32.2 Å². The third kappa shape index (κ3) is 30.3. The second kappa shape index (κ2) is 33.9. The molecule has 0 rings (SSSR count). The van der Waals surface area contributed by atoms with Crippen molar-refractivity contribution in [2.45, 2.75) is 187 Å². The van der Waals surface area contributed by atoms with Crippen molar-refractivity contribution in [1.82, 2.24) is 5.32 Å². The van der Waals surface area contributed by atoms with Crippen LogP contribution in [-0.4, -0.2) is 41.6 Å². The van der Waals surface area contributed by atoms with Crippen LogP contribution in [0.5, 0.6) is 0 Å². The molecule has 0 fully saturated rings. The minimum Gasteiger partial charge on any atom is -0.480 e. The largest absolute Gasteiger partial charge is 0.480 e. The first-order valence-corrected chi connectivity index (χ1v) is 18.8. The third-order valence-electron chi connectivity index (χ3n) is 8.22. The van der Waals surface area contributed by atoms with Gasteiger partial charge in [-0.3, -0.25) is 9.59 Å². The summed E-state index contributed by atoms with van der Waals surface area (Å²) in [6, 6.07) is -0.864. The fraction of sp³-hybridized carbons (Fsp3) is 0.769. The Morgan fingerprint density at radius 3 is 1.80 bits per heavy atom. The van der Waals surface area contributed by atoms with Crippen LogP contribution in [-0.2, 0) is 19.1 Å². The summed E-state index contributed by atoms with van der Waals surface area (Å²) >= 11 is 0. The molecule has 0 saturated carbocycles. The maximum Gasteiger partial charge on any atom is 0.326 e. The third-order valence-corrected chi connectivity index (χ3v) is 8.22. The first kappa shape index (κ1) is 43.6. The van der Waals surface area contributed by atoms with E-state index in [4.69, 9.17) is 10.5 Å². The summed E-state index contributed by atoms with van der Waals surface area (Å²) in [5.74, 6) is -1.29. The van der Waals surface area contributed by atoms with Gasteiger partial charge in [-0.2, -0.15) is 0 Å². The number of carboxylic acid groups (broad SMARTS) is 1. The highest BCUT2D eigenvalue weighted by atomic mass is 16.5. The summed E-state index contributed by atoms with van der Waals surface area (Å²) in [6.45, 7) is 4.79. The number of rotatable bonds is 33. The number of carbonyl (C=O) groups is 3. The van der Waals surface area contributed by atoms with Crippen molar-refractivity contribution >= 4 is 17.8 Å². The number of aliphatic carboxylic acids is 1. The van der Waals surface area contributed by atoms with Crippen molar-refractivity contribution in [1.29, 1.82) is 0 Å². The molecule has 0 aliphatic rings. The van der Waals surface area contributed by atoms with E-state index in [0.717, 1.165) is 89.9 Å². The van der Waals surface area contributed by atoms with E-state index in [1.54, 1.807) is 0 Å². The molecule has 0 heterocycles. The molecular formula is C39H70N2O5. The Bertz CT molecular complexity index is 823. The van der Waals surface area contributed by atoms with Gasteiger partial charge in [0.15, 0.2) is 0 Å². The second-order valence-electron chi connectivity index (χ2n) is 12.6. The van der Waals surface area contributed by atoms with Crippen LogP contribution in [0.4, 0.5) is 0 Å². The monoisotopic (exact) mass is 647 g/mol. The predicted octanol–water partition coefficient (Wildman–Crippen LogP) is 9.89. The first-order valence-electron chi connectivity index (χ1n) is 18.8. The molecule has 266 valence electrons. The van der Waals surface area contributed by atoms with Gasteiger partial charge in [-0.15, -0.1) is 0 Å². The molecule has 4 N–H and O–H groups in total. The Morgan fingerprint density at radius 2 is 1.20 bits per heavy atom. The van der Waals surface area contributed by atoms with Crippen LogP contribution in [0.2, 0.25) is 0 Å². The Kier molecular flexibility index (Phi) is 32.2. The molecular weight excluding hydrogens is 576 g/mol. The number of allylic oxidation sites excluding steroid dienone is 6. The predicted molar refractivity (Wildman–Crippen MR) is 193 cm³/mol. The van der Waals surface area contributed by atoms with Crippen molar-refractivity contribution < 1.29 is 24.2 Å². The van der Waals surface area contributed by atoms with Crippen molar-refractivity contribution in [3.05, 3.63) is 36.5 Å². The Balaban J connectivity index is 4.22. The smallest absolute Gasteiger partial charge is 0.326 e. The second-order valence-corrected chi connectivity index (χ2v) is 12.6. The summed E-state index contributed by atoms with van der Waals surface area (Å²) in [5, 5.41) is 11.9. The molecule has 0 aromatic rings. The molecule has 0 bridgehead atoms. The number of amides is 1. The van der Waals surface area contributed by atoms with Crippen LogP contribution in [0.15, 0.2) is 36.5 Å². The molecule has 0 aromatic heterocycles. The number of carbonyl (C=O) groups excluding carboxylic acids is 2. The molecule has 2 unspecified atom stereocenters. The maximum absolute atomic E-state index is 12.6. The molecule has 7 nitrogen and oxygen atoms in total. The molecule has 1 amide bonds. The number of carboxylic acids is 1. The van der Waals surface area contributed by atoms with Gasteiger partial charge < -0.3 is 20.9 Å². The Labute approximate surface area is 282 Å². The average Bonchev–Trinajstić information content (AvgIpc) is 3.04. The molecule has 0 spiro atoms. The van der Waals surface area contributed by atoms with Crippen LogP contribution in [0.25, 0.3) is 0 Å². The van der Waals surface area contributed by atoms with Gasteiger partial charge in [-0.25, -0.2) is 4.79 Å². The fourth-order valence-corrected chi connectivity index (χ4v) is 5.40. The number of hydrogen-bond donors (Lipinski definition) is 3. The standard InChI is InChI=1S/C39H70N2O5/c1-3-5-7-9-11-12-13-14-15-16-17-18-19-21-27-33-38(43)46-35(29-24-20-10-8-6-4-2)30-25-22-23-26-32-37(42)41-36(39(44)45)31-28-34-40/h5,7,11-12,14-15,35-36H,3-4,6,8-10,13,16-34,40H2,1-2H3,(H,41,42)(H,44,45)/b7-5-,12-11-,15-14-. The summed E-state index contributed by atoms with van der Waals surface area (Å²) < 4.78 is 5.95. The van der Waals surface area contributed by atoms with E-state index in [-0.39, 0.29) is 18.0 Å².